The van der Waals surface area contributed by atoms with Gasteiger partial charge in [0.2, 0.25) is 10.0 Å². The molecule has 1 aromatic heterocycles. The van der Waals surface area contributed by atoms with Crippen LogP contribution < -0.4 is 10.0 Å². The average molecular weight is 302 g/mol. The average Bonchev–Trinajstić information content (AvgIpc) is 2.84. The fourth-order valence-electron chi connectivity index (χ4n) is 2.43. The van der Waals surface area contributed by atoms with Crippen molar-refractivity contribution in [3.05, 3.63) is 21.9 Å². The van der Waals surface area contributed by atoms with E-state index in [0.717, 1.165) is 37.2 Å². The van der Waals surface area contributed by atoms with Gasteiger partial charge in [-0.05, 0) is 55.3 Å². The fourth-order valence-corrected chi connectivity index (χ4v) is 4.87. The Morgan fingerprint density at radius 1 is 1.42 bits per heavy atom. The summed E-state index contributed by atoms with van der Waals surface area (Å²) in [4.78, 5) is 1.14. The van der Waals surface area contributed by atoms with Gasteiger partial charge in [0.05, 0.1) is 5.75 Å². The van der Waals surface area contributed by atoms with E-state index in [-0.39, 0.29) is 5.75 Å². The molecule has 0 bridgehead atoms. The topological polar surface area (TPSA) is 58.2 Å². The summed E-state index contributed by atoms with van der Waals surface area (Å²) in [5, 5.41) is 5.28. The highest BCUT2D eigenvalue weighted by atomic mass is 32.2. The maximum Gasteiger partial charge on any atom is 0.212 e. The highest BCUT2D eigenvalue weighted by molar-refractivity contribution is 7.89. The van der Waals surface area contributed by atoms with Crippen molar-refractivity contribution in [2.75, 3.05) is 18.8 Å². The van der Waals surface area contributed by atoms with Gasteiger partial charge in [0.1, 0.15) is 0 Å². The van der Waals surface area contributed by atoms with E-state index in [9.17, 15) is 8.42 Å². The van der Waals surface area contributed by atoms with Crippen LogP contribution in [0.25, 0.3) is 0 Å². The van der Waals surface area contributed by atoms with Crippen LogP contribution in [0.2, 0.25) is 0 Å². The maximum absolute atomic E-state index is 12.1. The van der Waals surface area contributed by atoms with Crippen molar-refractivity contribution < 1.29 is 8.42 Å². The van der Waals surface area contributed by atoms with Gasteiger partial charge in [0, 0.05) is 11.4 Å². The molecule has 2 rings (SSSR count). The molecule has 2 N–H and O–H groups in total. The molecule has 4 nitrogen and oxygen atoms in total. The van der Waals surface area contributed by atoms with E-state index in [2.05, 4.69) is 23.0 Å². The van der Waals surface area contributed by atoms with Crippen LogP contribution in [-0.2, 0) is 23.0 Å². The molecule has 0 radical (unpaired) electrons. The lowest BCUT2D eigenvalue weighted by molar-refractivity contribution is 0.400. The number of rotatable bonds is 6. The summed E-state index contributed by atoms with van der Waals surface area (Å²) in [5.41, 5.74) is 1.24. The fraction of sp³-hybridized carbons (Fsp3) is 0.692. The third kappa shape index (κ3) is 4.56. The van der Waals surface area contributed by atoms with Gasteiger partial charge in [-0.3, -0.25) is 0 Å². The number of nitrogens with one attached hydrogen (secondary N) is 2. The number of piperidine rings is 1. The summed E-state index contributed by atoms with van der Waals surface area (Å²) in [5.74, 6) is 0.564. The molecule has 0 atom stereocenters. The van der Waals surface area contributed by atoms with E-state index in [1.165, 1.54) is 5.56 Å². The Morgan fingerprint density at radius 3 is 2.84 bits per heavy atom. The summed E-state index contributed by atoms with van der Waals surface area (Å²) in [6.07, 6.45) is 2.87. The minimum Gasteiger partial charge on any atom is -0.317 e. The second-order valence-corrected chi connectivity index (χ2v) is 7.87. The first-order chi connectivity index (χ1) is 9.11. The molecule has 1 aromatic rings. The first kappa shape index (κ1) is 15.0. The Hall–Kier alpha value is -0.430. The second-order valence-electron chi connectivity index (χ2n) is 5.02. The van der Waals surface area contributed by atoms with Gasteiger partial charge in [0.25, 0.3) is 0 Å². The molecule has 2 heterocycles. The number of sulfonamides is 1. The minimum absolute atomic E-state index is 0.265. The van der Waals surface area contributed by atoms with Gasteiger partial charge in [0.15, 0.2) is 0 Å². The SMILES string of the molecule is CCc1ccsc1CNS(=O)(=O)CC1CCNCC1. The van der Waals surface area contributed by atoms with Crippen molar-refractivity contribution in [3.63, 3.8) is 0 Å². The number of hydrogen-bond acceptors (Lipinski definition) is 4. The smallest absolute Gasteiger partial charge is 0.212 e. The first-order valence-corrected chi connectivity index (χ1v) is 9.37. The molecule has 108 valence electrons. The molecule has 0 unspecified atom stereocenters. The van der Waals surface area contributed by atoms with Crippen molar-refractivity contribution >= 4 is 21.4 Å². The van der Waals surface area contributed by atoms with Gasteiger partial charge in [-0.25, -0.2) is 13.1 Å². The quantitative estimate of drug-likeness (QED) is 0.841. The van der Waals surface area contributed by atoms with Crippen LogP contribution in [0.1, 0.15) is 30.2 Å². The summed E-state index contributed by atoms with van der Waals surface area (Å²) >= 11 is 1.62. The molecular formula is C13H22N2O2S2. The van der Waals surface area contributed by atoms with Crippen molar-refractivity contribution in [1.82, 2.24) is 10.0 Å². The zero-order chi connectivity index (χ0) is 13.7. The van der Waals surface area contributed by atoms with Crippen LogP contribution in [0.5, 0.6) is 0 Å². The normalized spacial score (nSPS) is 17.7. The summed E-state index contributed by atoms with van der Waals surface area (Å²) in [7, 11) is -3.15. The van der Waals surface area contributed by atoms with Crippen LogP contribution in [0.3, 0.4) is 0 Å². The van der Waals surface area contributed by atoms with E-state index in [1.807, 2.05) is 5.38 Å². The largest absolute Gasteiger partial charge is 0.317 e. The standard InChI is InChI=1S/C13H22N2O2S2/c1-2-12-5-8-18-13(12)9-15-19(16,17)10-11-3-6-14-7-4-11/h5,8,11,14-15H,2-4,6-7,9-10H2,1H3. The van der Waals surface area contributed by atoms with E-state index in [0.29, 0.717) is 12.5 Å². The molecule has 19 heavy (non-hydrogen) atoms. The molecule has 0 spiro atoms. The Morgan fingerprint density at radius 2 is 2.16 bits per heavy atom. The highest BCUT2D eigenvalue weighted by Crippen LogP contribution is 2.18. The Kier molecular flexibility index (Phi) is 5.38. The Labute approximate surface area is 119 Å². The van der Waals surface area contributed by atoms with E-state index in [1.54, 1.807) is 11.3 Å². The third-order valence-corrected chi connectivity index (χ3v) is 6.04. The Bertz CT molecular complexity index is 490. The maximum atomic E-state index is 12.1. The molecule has 1 saturated heterocycles. The molecule has 0 saturated carbocycles. The number of thiophene rings is 1. The number of aryl methyl sites for hydroxylation is 1. The molecule has 1 aliphatic rings. The van der Waals surface area contributed by atoms with Crippen molar-refractivity contribution in [1.29, 1.82) is 0 Å². The summed E-state index contributed by atoms with van der Waals surface area (Å²) in [6.45, 7) is 4.40. The summed E-state index contributed by atoms with van der Waals surface area (Å²) in [6, 6.07) is 2.07. The summed E-state index contributed by atoms with van der Waals surface area (Å²) < 4.78 is 26.9. The number of hydrogen-bond donors (Lipinski definition) is 2. The second kappa shape index (κ2) is 6.83. The van der Waals surface area contributed by atoms with Crippen molar-refractivity contribution in [3.8, 4) is 0 Å². The monoisotopic (exact) mass is 302 g/mol. The van der Waals surface area contributed by atoms with Crippen molar-refractivity contribution in [2.45, 2.75) is 32.7 Å². The predicted molar refractivity (Wildman–Crippen MR) is 79.9 cm³/mol. The predicted octanol–water partition coefficient (Wildman–Crippen LogP) is 1.73. The van der Waals surface area contributed by atoms with Gasteiger partial charge in [-0.2, -0.15) is 0 Å². The van der Waals surface area contributed by atoms with Gasteiger partial charge in [-0.1, -0.05) is 6.92 Å². The van der Waals surface area contributed by atoms with Crippen LogP contribution >= 0.6 is 11.3 Å². The van der Waals surface area contributed by atoms with Crippen LogP contribution in [0, 0.1) is 5.92 Å². The molecule has 6 heteroatoms. The van der Waals surface area contributed by atoms with E-state index < -0.39 is 10.0 Å². The lowest BCUT2D eigenvalue weighted by Crippen LogP contribution is -2.35. The van der Waals surface area contributed by atoms with Gasteiger partial charge >= 0.3 is 0 Å². The lowest BCUT2D eigenvalue weighted by atomic mass is 10.0. The van der Waals surface area contributed by atoms with Crippen molar-refractivity contribution in [2.24, 2.45) is 5.92 Å². The molecular weight excluding hydrogens is 280 g/mol. The molecule has 0 amide bonds. The molecule has 1 aliphatic heterocycles. The van der Waals surface area contributed by atoms with E-state index >= 15 is 0 Å². The zero-order valence-corrected chi connectivity index (χ0v) is 12.9. The Balaban J connectivity index is 1.86. The van der Waals surface area contributed by atoms with E-state index in [4.69, 9.17) is 0 Å². The van der Waals surface area contributed by atoms with Gasteiger partial charge < -0.3 is 5.32 Å². The first-order valence-electron chi connectivity index (χ1n) is 6.84. The minimum atomic E-state index is -3.15. The highest BCUT2D eigenvalue weighted by Gasteiger charge is 2.21. The van der Waals surface area contributed by atoms with Gasteiger partial charge in [-0.15, -0.1) is 11.3 Å². The van der Waals surface area contributed by atoms with Crippen LogP contribution in [0.4, 0.5) is 0 Å². The van der Waals surface area contributed by atoms with Crippen LogP contribution in [-0.4, -0.2) is 27.3 Å². The molecule has 0 aliphatic carbocycles. The van der Waals surface area contributed by atoms with Crippen LogP contribution in [0.15, 0.2) is 11.4 Å². The zero-order valence-electron chi connectivity index (χ0n) is 11.3. The third-order valence-electron chi connectivity index (χ3n) is 3.59. The molecule has 0 aromatic carbocycles. The lowest BCUT2D eigenvalue weighted by Gasteiger charge is -2.22. The molecule has 1 fully saturated rings.